The van der Waals surface area contributed by atoms with E-state index in [4.69, 9.17) is 0 Å². The van der Waals surface area contributed by atoms with Gasteiger partial charge in [0.25, 0.3) is 0 Å². The summed E-state index contributed by atoms with van der Waals surface area (Å²) < 4.78 is 48.7. The summed E-state index contributed by atoms with van der Waals surface area (Å²) in [6.07, 6.45) is -4.01. The normalized spacial score (nSPS) is 17.4. The molecule has 0 aromatic heterocycles. The Bertz CT molecular complexity index is 345. The molecule has 0 aromatic carbocycles. The van der Waals surface area contributed by atoms with Crippen molar-refractivity contribution in [3.8, 4) is 0 Å². The van der Waals surface area contributed by atoms with Gasteiger partial charge in [-0.25, -0.2) is 4.21 Å². The predicted molar refractivity (Wildman–Crippen MR) is 47.3 cm³/mol. The second kappa shape index (κ2) is 3.52. The van der Waals surface area contributed by atoms with E-state index in [2.05, 4.69) is 4.36 Å². The van der Waals surface area contributed by atoms with Crippen LogP contribution in [-0.4, -0.2) is 27.3 Å². The van der Waals surface area contributed by atoms with E-state index >= 15 is 0 Å². The number of halogens is 3. The van der Waals surface area contributed by atoms with E-state index in [0.29, 0.717) is 0 Å². The van der Waals surface area contributed by atoms with E-state index in [1.165, 1.54) is 20.8 Å². The molecule has 14 heavy (non-hydrogen) atoms. The zero-order valence-corrected chi connectivity index (χ0v) is 9.12. The van der Waals surface area contributed by atoms with Gasteiger partial charge in [0, 0.05) is 11.0 Å². The van der Waals surface area contributed by atoms with Crippen LogP contribution in [0, 0.1) is 0 Å². The summed E-state index contributed by atoms with van der Waals surface area (Å²) in [5.41, 5.74) is 0. The van der Waals surface area contributed by atoms with Gasteiger partial charge in [0.2, 0.25) is 0 Å². The molecule has 0 aliphatic rings. The Hall–Kier alpha value is -0.590. The van der Waals surface area contributed by atoms with Gasteiger partial charge in [-0.15, -0.1) is 0 Å². The van der Waals surface area contributed by atoms with Gasteiger partial charge >= 0.3 is 12.1 Å². The molecule has 7 heteroatoms. The molecule has 0 fully saturated rings. The minimum absolute atomic E-state index is 0.964. The average molecular weight is 231 g/mol. The Morgan fingerprint density at radius 1 is 1.21 bits per heavy atom. The molecule has 0 aliphatic carbocycles. The molecule has 1 atom stereocenters. The van der Waals surface area contributed by atoms with E-state index in [-0.39, 0.29) is 0 Å². The van der Waals surface area contributed by atoms with Crippen molar-refractivity contribution >= 4 is 15.6 Å². The van der Waals surface area contributed by atoms with Crippen LogP contribution in [0.15, 0.2) is 4.36 Å². The van der Waals surface area contributed by atoms with Gasteiger partial charge in [-0.3, -0.25) is 4.79 Å². The Balaban J connectivity index is 5.25. The third-order valence-corrected chi connectivity index (χ3v) is 4.42. The molecule has 3 nitrogen and oxygen atoms in total. The molecule has 0 N–H and O–H groups in total. The van der Waals surface area contributed by atoms with Gasteiger partial charge in [-0.2, -0.15) is 17.5 Å². The van der Waals surface area contributed by atoms with Crippen molar-refractivity contribution in [2.45, 2.75) is 31.7 Å². The summed E-state index contributed by atoms with van der Waals surface area (Å²) in [6.45, 7) is 4.38. The fourth-order valence-corrected chi connectivity index (χ4v) is 1.04. The fourth-order valence-electron chi connectivity index (χ4n) is 0.347. The quantitative estimate of drug-likeness (QED) is 0.640. The average Bonchev–Trinajstić information content (AvgIpc) is 1.80. The van der Waals surface area contributed by atoms with Crippen LogP contribution in [0.4, 0.5) is 13.2 Å². The smallest absolute Gasteiger partial charge is 0.261 e. The Labute approximate surface area is 80.9 Å². The molecular formula is C7H12F3NO2S. The number of carbonyl (C=O) groups is 1. The van der Waals surface area contributed by atoms with Crippen molar-refractivity contribution in [1.82, 2.24) is 0 Å². The molecule has 0 saturated carbocycles. The van der Waals surface area contributed by atoms with Gasteiger partial charge in [0.15, 0.2) is 0 Å². The first-order chi connectivity index (χ1) is 5.88. The maximum Gasteiger partial charge on any atom is 0.474 e. The van der Waals surface area contributed by atoms with Crippen LogP contribution in [-0.2, 0) is 14.5 Å². The van der Waals surface area contributed by atoms with Crippen LogP contribution in [0.2, 0.25) is 0 Å². The Kier molecular flexibility index (Phi) is 3.38. The Morgan fingerprint density at radius 2 is 1.57 bits per heavy atom. The molecule has 0 bridgehead atoms. The van der Waals surface area contributed by atoms with Crippen molar-refractivity contribution in [2.75, 3.05) is 6.26 Å². The van der Waals surface area contributed by atoms with Gasteiger partial charge in [-0.05, 0) is 20.8 Å². The first-order valence-corrected chi connectivity index (χ1v) is 5.63. The highest BCUT2D eigenvalue weighted by molar-refractivity contribution is 7.94. The van der Waals surface area contributed by atoms with E-state index in [0.717, 1.165) is 6.26 Å². The molecule has 1 unspecified atom stereocenters. The third-order valence-electron chi connectivity index (χ3n) is 1.64. The van der Waals surface area contributed by atoms with Crippen LogP contribution in [0.1, 0.15) is 20.8 Å². The number of amides is 1. The van der Waals surface area contributed by atoms with Crippen LogP contribution in [0.5, 0.6) is 0 Å². The summed E-state index contributed by atoms with van der Waals surface area (Å²) in [4.78, 5) is 10.5. The Morgan fingerprint density at radius 3 is 1.79 bits per heavy atom. The second-order valence-electron chi connectivity index (χ2n) is 3.81. The molecule has 0 rings (SSSR count). The van der Waals surface area contributed by atoms with Gasteiger partial charge in [0.1, 0.15) is 0 Å². The highest BCUT2D eigenvalue weighted by Crippen LogP contribution is 2.21. The first kappa shape index (κ1) is 13.4. The van der Waals surface area contributed by atoms with Crippen LogP contribution >= 0.6 is 0 Å². The number of hydrogen-bond acceptors (Lipinski definition) is 2. The number of rotatable bonds is 0. The standard InChI is InChI=1S/C7H12F3NO2S/c1-6(2,3)14(4,13)11-5(12)7(8,9)10/h1-4H3. The predicted octanol–water partition coefficient (Wildman–Crippen LogP) is 1.97. The van der Waals surface area contributed by atoms with Crippen molar-refractivity contribution < 1.29 is 22.2 Å². The summed E-state index contributed by atoms with van der Waals surface area (Å²) in [5, 5.41) is 0. The third kappa shape index (κ3) is 3.28. The van der Waals surface area contributed by atoms with Crippen LogP contribution in [0.3, 0.4) is 0 Å². The lowest BCUT2D eigenvalue weighted by Crippen LogP contribution is -2.30. The summed E-state index contributed by atoms with van der Waals surface area (Å²) in [6, 6.07) is 0. The molecule has 0 heterocycles. The molecular weight excluding hydrogens is 219 g/mol. The maximum atomic E-state index is 11.8. The molecule has 0 saturated heterocycles. The van der Waals surface area contributed by atoms with E-state index in [1.807, 2.05) is 0 Å². The highest BCUT2D eigenvalue weighted by Gasteiger charge is 2.40. The van der Waals surface area contributed by atoms with Crippen molar-refractivity contribution in [1.29, 1.82) is 0 Å². The molecule has 0 spiro atoms. The van der Waals surface area contributed by atoms with E-state index < -0.39 is 26.6 Å². The van der Waals surface area contributed by atoms with E-state index in [1.54, 1.807) is 0 Å². The van der Waals surface area contributed by atoms with Crippen molar-refractivity contribution in [3.63, 3.8) is 0 Å². The van der Waals surface area contributed by atoms with Crippen molar-refractivity contribution in [2.24, 2.45) is 4.36 Å². The zero-order chi connectivity index (χ0) is 11.8. The maximum absolute atomic E-state index is 11.8. The lowest BCUT2D eigenvalue weighted by molar-refractivity contribution is -0.169. The molecule has 0 aromatic rings. The van der Waals surface area contributed by atoms with Crippen LogP contribution in [0.25, 0.3) is 0 Å². The number of nitrogens with zero attached hydrogens (tertiary/aromatic N) is 1. The number of hydrogen-bond donors (Lipinski definition) is 0. The summed E-state index contributed by atoms with van der Waals surface area (Å²) in [5.74, 6) is -2.29. The van der Waals surface area contributed by atoms with E-state index in [9.17, 15) is 22.2 Å². The highest BCUT2D eigenvalue weighted by atomic mass is 32.2. The first-order valence-electron chi connectivity index (χ1n) is 3.71. The summed E-state index contributed by atoms with van der Waals surface area (Å²) in [7, 11) is -3.17. The minimum atomic E-state index is -5.05. The number of carbonyl (C=O) groups excluding carboxylic acids is 1. The molecule has 1 amide bonds. The molecule has 0 aliphatic heterocycles. The molecule has 84 valence electrons. The topological polar surface area (TPSA) is 46.5 Å². The van der Waals surface area contributed by atoms with Gasteiger partial charge < -0.3 is 0 Å². The van der Waals surface area contributed by atoms with Crippen molar-refractivity contribution in [3.05, 3.63) is 0 Å². The summed E-state index contributed by atoms with van der Waals surface area (Å²) >= 11 is 0. The zero-order valence-electron chi connectivity index (χ0n) is 8.31. The fraction of sp³-hybridized carbons (Fsp3) is 0.857. The minimum Gasteiger partial charge on any atom is -0.261 e. The van der Waals surface area contributed by atoms with Crippen LogP contribution < -0.4 is 0 Å². The monoisotopic (exact) mass is 231 g/mol. The largest absolute Gasteiger partial charge is 0.474 e. The molecule has 0 radical (unpaired) electrons. The SMILES string of the molecule is CC(C)(C)S(C)(=O)=NC(=O)C(F)(F)F. The lowest BCUT2D eigenvalue weighted by Gasteiger charge is -2.20. The van der Waals surface area contributed by atoms with Gasteiger partial charge in [0.05, 0.1) is 9.73 Å². The lowest BCUT2D eigenvalue weighted by atomic mass is 10.3. The van der Waals surface area contributed by atoms with Gasteiger partial charge in [-0.1, -0.05) is 0 Å². The second-order valence-corrected chi connectivity index (χ2v) is 6.82. The number of alkyl halides is 3.